The van der Waals surface area contributed by atoms with Crippen molar-refractivity contribution >= 4 is 16.4 Å². The number of fused-ring (bicyclic) bond motifs is 5. The number of hydrogen-bond donors (Lipinski definition) is 0. The Kier molecular flexibility index (Phi) is 5.78. The summed E-state index contributed by atoms with van der Waals surface area (Å²) in [6.07, 6.45) is 3.46. The van der Waals surface area contributed by atoms with Crippen LogP contribution in [0.25, 0.3) is 72.6 Å². The third kappa shape index (κ3) is 4.16. The van der Waals surface area contributed by atoms with E-state index in [-0.39, 0.29) is 5.41 Å². The van der Waals surface area contributed by atoms with E-state index in [0.29, 0.717) is 5.82 Å². The summed E-state index contributed by atoms with van der Waals surface area (Å²) in [6, 6.07) is 45.3. The van der Waals surface area contributed by atoms with E-state index in [0.717, 1.165) is 33.7 Å². The molecule has 0 saturated carbocycles. The van der Waals surface area contributed by atoms with Gasteiger partial charge in [0.05, 0.1) is 11.4 Å². The van der Waals surface area contributed by atoms with Gasteiger partial charge >= 0.3 is 0 Å². The number of pyridine rings is 1. The number of aromatic nitrogens is 5. The molecule has 9 rings (SSSR count). The molecular weight excluding hydrogens is 562 g/mol. The van der Waals surface area contributed by atoms with Crippen LogP contribution in [0.5, 0.6) is 0 Å². The van der Waals surface area contributed by atoms with E-state index >= 15 is 0 Å². The zero-order chi connectivity index (χ0) is 30.8. The Morgan fingerprint density at radius 2 is 1.24 bits per heavy atom. The maximum atomic E-state index is 5.14. The molecule has 0 spiro atoms. The highest BCUT2D eigenvalue weighted by Crippen LogP contribution is 2.49. The fourth-order valence-corrected chi connectivity index (χ4v) is 6.99. The van der Waals surface area contributed by atoms with Crippen LogP contribution in [0, 0.1) is 0 Å². The Bertz CT molecular complexity index is 2450. The molecule has 0 amide bonds. The van der Waals surface area contributed by atoms with Crippen molar-refractivity contribution in [2.45, 2.75) is 19.3 Å². The Hall–Kier alpha value is -5.94. The van der Waals surface area contributed by atoms with Gasteiger partial charge in [0.2, 0.25) is 0 Å². The van der Waals surface area contributed by atoms with Gasteiger partial charge in [0.1, 0.15) is 6.33 Å². The molecule has 0 atom stereocenters. The molecule has 1 aliphatic carbocycles. The quantitative estimate of drug-likeness (QED) is 0.204. The van der Waals surface area contributed by atoms with Gasteiger partial charge in [-0.1, -0.05) is 117 Å². The van der Waals surface area contributed by atoms with Crippen LogP contribution in [0.15, 0.2) is 140 Å². The zero-order valence-electron chi connectivity index (χ0n) is 25.5. The van der Waals surface area contributed by atoms with Gasteiger partial charge in [0.25, 0.3) is 0 Å². The lowest BCUT2D eigenvalue weighted by Gasteiger charge is -2.22. The van der Waals surface area contributed by atoms with E-state index in [9.17, 15) is 0 Å². The highest BCUT2D eigenvalue weighted by molar-refractivity contribution is 5.97. The average molecular weight is 592 g/mol. The first-order valence-corrected chi connectivity index (χ1v) is 15.6. The second kappa shape index (κ2) is 10.0. The van der Waals surface area contributed by atoms with Crippen molar-refractivity contribution in [1.82, 2.24) is 24.6 Å². The van der Waals surface area contributed by atoms with E-state index in [1.165, 1.54) is 44.2 Å². The number of rotatable bonds is 4. The molecule has 0 radical (unpaired) electrons. The summed E-state index contributed by atoms with van der Waals surface area (Å²) >= 11 is 0. The fourth-order valence-electron chi connectivity index (χ4n) is 6.99. The van der Waals surface area contributed by atoms with Crippen molar-refractivity contribution in [3.63, 3.8) is 0 Å². The Morgan fingerprint density at radius 1 is 0.543 bits per heavy atom. The van der Waals surface area contributed by atoms with E-state index in [1.807, 2.05) is 18.3 Å². The maximum Gasteiger partial charge on any atom is 0.160 e. The minimum absolute atomic E-state index is 0.100. The van der Waals surface area contributed by atoms with Crippen LogP contribution in [0.1, 0.15) is 25.0 Å². The topological polar surface area (TPSA) is 56.0 Å². The number of benzene rings is 5. The van der Waals surface area contributed by atoms with Crippen molar-refractivity contribution in [2.24, 2.45) is 0 Å². The average Bonchev–Trinajstić information content (AvgIpc) is 3.67. The molecule has 8 aromatic rings. The van der Waals surface area contributed by atoms with Gasteiger partial charge in [-0.25, -0.2) is 19.5 Å². The summed E-state index contributed by atoms with van der Waals surface area (Å²) in [5.41, 5.74) is 13.1. The predicted octanol–water partition coefficient (Wildman–Crippen LogP) is 9.65. The van der Waals surface area contributed by atoms with Crippen LogP contribution in [-0.2, 0) is 5.41 Å². The molecular formula is C41H29N5. The SMILES string of the molecule is CC1(C)c2ccccc2-c2ccc(-c3cc(-c4ccc(-c5cccc6ccccc56)cc4)nc(-c4ccn5ncnc5c4)n3)cc21. The lowest BCUT2D eigenvalue weighted by Crippen LogP contribution is -2.14. The van der Waals surface area contributed by atoms with Crippen molar-refractivity contribution in [1.29, 1.82) is 0 Å². The Balaban J connectivity index is 1.18. The molecule has 46 heavy (non-hydrogen) atoms. The molecule has 218 valence electrons. The summed E-state index contributed by atoms with van der Waals surface area (Å²) in [4.78, 5) is 14.6. The van der Waals surface area contributed by atoms with E-state index in [2.05, 4.69) is 139 Å². The normalized spacial score (nSPS) is 13.2. The lowest BCUT2D eigenvalue weighted by molar-refractivity contribution is 0.660. The summed E-state index contributed by atoms with van der Waals surface area (Å²) in [5, 5.41) is 6.75. The zero-order valence-corrected chi connectivity index (χ0v) is 25.5. The second-order valence-corrected chi connectivity index (χ2v) is 12.5. The van der Waals surface area contributed by atoms with Crippen molar-refractivity contribution < 1.29 is 0 Å². The van der Waals surface area contributed by atoms with Gasteiger partial charge in [-0.3, -0.25) is 0 Å². The van der Waals surface area contributed by atoms with E-state index < -0.39 is 0 Å². The molecule has 3 heterocycles. The molecule has 0 bridgehead atoms. The third-order valence-electron chi connectivity index (χ3n) is 9.43. The summed E-state index contributed by atoms with van der Waals surface area (Å²) in [6.45, 7) is 4.62. The second-order valence-electron chi connectivity index (χ2n) is 12.5. The van der Waals surface area contributed by atoms with Crippen molar-refractivity contribution in [3.8, 4) is 56.2 Å². The van der Waals surface area contributed by atoms with Crippen molar-refractivity contribution in [2.75, 3.05) is 0 Å². The fraction of sp³-hybridized carbons (Fsp3) is 0.0732. The van der Waals surface area contributed by atoms with Gasteiger partial charge in [0, 0.05) is 28.3 Å². The molecule has 5 aromatic carbocycles. The van der Waals surface area contributed by atoms with Gasteiger partial charge in [-0.2, -0.15) is 5.10 Å². The minimum atomic E-state index is -0.100. The smallest absolute Gasteiger partial charge is 0.160 e. The standard InChI is InChI=1S/C41H29N5/c1-41(2)35-13-6-5-11-33(35)34-19-18-29(22-36(34)41)38-24-37(44-40(45-38)30-20-21-46-39(23-30)42-25-43-46)28-16-14-27(15-17-28)32-12-7-9-26-8-3-4-10-31(26)32/h3-25H,1-2H3. The van der Waals surface area contributed by atoms with Crippen LogP contribution < -0.4 is 0 Å². The Morgan fingerprint density at radius 3 is 2.13 bits per heavy atom. The van der Waals surface area contributed by atoms with Crippen LogP contribution >= 0.6 is 0 Å². The highest BCUT2D eigenvalue weighted by atomic mass is 15.3. The Labute approximate surface area is 266 Å². The molecule has 5 nitrogen and oxygen atoms in total. The van der Waals surface area contributed by atoms with Crippen LogP contribution in [0.4, 0.5) is 0 Å². The minimum Gasteiger partial charge on any atom is -0.228 e. The molecule has 0 saturated heterocycles. The molecule has 5 heteroatoms. The lowest BCUT2D eigenvalue weighted by atomic mass is 9.82. The van der Waals surface area contributed by atoms with Gasteiger partial charge < -0.3 is 0 Å². The molecule has 0 N–H and O–H groups in total. The highest BCUT2D eigenvalue weighted by Gasteiger charge is 2.35. The van der Waals surface area contributed by atoms with Crippen molar-refractivity contribution in [3.05, 3.63) is 151 Å². The summed E-state index contributed by atoms with van der Waals surface area (Å²) < 4.78 is 1.75. The van der Waals surface area contributed by atoms with Crippen LogP contribution in [0.2, 0.25) is 0 Å². The first-order chi connectivity index (χ1) is 22.5. The van der Waals surface area contributed by atoms with E-state index in [1.54, 1.807) is 10.8 Å². The van der Waals surface area contributed by atoms with Gasteiger partial charge in [-0.15, -0.1) is 0 Å². The summed E-state index contributed by atoms with van der Waals surface area (Å²) in [7, 11) is 0. The number of nitrogens with zero attached hydrogens (tertiary/aromatic N) is 5. The first-order valence-electron chi connectivity index (χ1n) is 15.6. The number of hydrogen-bond acceptors (Lipinski definition) is 4. The maximum absolute atomic E-state index is 5.14. The molecule has 1 aliphatic rings. The predicted molar refractivity (Wildman–Crippen MR) is 185 cm³/mol. The third-order valence-corrected chi connectivity index (χ3v) is 9.43. The summed E-state index contributed by atoms with van der Waals surface area (Å²) in [5.74, 6) is 0.652. The van der Waals surface area contributed by atoms with Gasteiger partial charge in [-0.05, 0) is 68.4 Å². The van der Waals surface area contributed by atoms with Gasteiger partial charge in [0.15, 0.2) is 11.5 Å². The monoisotopic (exact) mass is 591 g/mol. The van der Waals surface area contributed by atoms with Crippen LogP contribution in [0.3, 0.4) is 0 Å². The van der Waals surface area contributed by atoms with E-state index in [4.69, 9.17) is 9.97 Å². The molecule has 0 unspecified atom stereocenters. The van der Waals surface area contributed by atoms with Crippen LogP contribution in [-0.4, -0.2) is 24.6 Å². The largest absolute Gasteiger partial charge is 0.228 e. The molecule has 0 fully saturated rings. The molecule has 0 aliphatic heterocycles. The first kappa shape index (κ1) is 26.5. The molecule has 3 aromatic heterocycles.